The molecule has 0 spiro atoms. The number of carbonyl (C=O) groups excluding carboxylic acids is 1. The van der Waals surface area contributed by atoms with E-state index in [-0.39, 0.29) is 18.0 Å². The molecular weight excluding hydrogens is 319 g/mol. The lowest BCUT2D eigenvalue weighted by Crippen LogP contribution is -2.13. The number of alkyl halides is 3. The van der Waals surface area contributed by atoms with Crippen molar-refractivity contribution in [3.05, 3.63) is 28.2 Å². The first kappa shape index (κ1) is 14.4. The minimum Gasteiger partial charge on any atom is -0.325 e. The summed E-state index contributed by atoms with van der Waals surface area (Å²) in [6.45, 7) is 0. The SMILES string of the molecule is O=C(CCS)Nc1cc(C(F)(F)F)ccc1Br. The summed E-state index contributed by atoms with van der Waals surface area (Å²) in [4.78, 5) is 11.3. The molecule has 1 N–H and O–H groups in total. The summed E-state index contributed by atoms with van der Waals surface area (Å²) < 4.78 is 37.7. The van der Waals surface area contributed by atoms with Gasteiger partial charge in [-0.15, -0.1) is 0 Å². The third kappa shape index (κ3) is 4.23. The van der Waals surface area contributed by atoms with E-state index in [4.69, 9.17) is 0 Å². The van der Waals surface area contributed by atoms with E-state index in [9.17, 15) is 18.0 Å². The van der Waals surface area contributed by atoms with Crippen LogP contribution >= 0.6 is 28.6 Å². The highest BCUT2D eigenvalue weighted by atomic mass is 79.9. The molecule has 0 heterocycles. The molecule has 0 fully saturated rings. The average molecular weight is 328 g/mol. The lowest BCUT2D eigenvalue weighted by Gasteiger charge is -2.11. The first-order valence-electron chi connectivity index (χ1n) is 4.62. The van der Waals surface area contributed by atoms with Gasteiger partial charge in [0.15, 0.2) is 0 Å². The molecule has 1 amide bonds. The van der Waals surface area contributed by atoms with Crippen LogP contribution in [0.1, 0.15) is 12.0 Å². The molecule has 0 atom stereocenters. The number of benzene rings is 1. The zero-order valence-corrected chi connectivity index (χ0v) is 11.0. The van der Waals surface area contributed by atoms with Gasteiger partial charge in [-0.05, 0) is 39.9 Å². The third-order valence-electron chi connectivity index (χ3n) is 1.91. The van der Waals surface area contributed by atoms with Gasteiger partial charge in [0.25, 0.3) is 0 Å². The molecule has 1 rings (SSSR count). The van der Waals surface area contributed by atoms with Gasteiger partial charge in [-0.25, -0.2) is 0 Å². The van der Waals surface area contributed by atoms with E-state index in [2.05, 4.69) is 33.9 Å². The predicted octanol–water partition coefficient (Wildman–Crippen LogP) is 3.73. The Morgan fingerprint density at radius 3 is 2.59 bits per heavy atom. The van der Waals surface area contributed by atoms with Crippen LogP contribution in [-0.2, 0) is 11.0 Å². The van der Waals surface area contributed by atoms with Crippen LogP contribution in [0.4, 0.5) is 18.9 Å². The summed E-state index contributed by atoms with van der Waals surface area (Å²) in [6.07, 6.45) is -4.28. The van der Waals surface area contributed by atoms with Crippen LogP contribution < -0.4 is 5.32 Å². The van der Waals surface area contributed by atoms with Crippen LogP contribution in [0, 0.1) is 0 Å². The van der Waals surface area contributed by atoms with E-state index in [0.29, 0.717) is 10.2 Å². The van der Waals surface area contributed by atoms with Crippen molar-refractivity contribution in [1.82, 2.24) is 0 Å². The van der Waals surface area contributed by atoms with Gasteiger partial charge in [-0.1, -0.05) is 0 Å². The number of hydrogen-bond donors (Lipinski definition) is 2. The molecule has 0 aliphatic heterocycles. The molecule has 0 aromatic heterocycles. The number of anilines is 1. The van der Waals surface area contributed by atoms with Gasteiger partial charge in [0, 0.05) is 10.9 Å². The van der Waals surface area contributed by atoms with Crippen molar-refractivity contribution in [1.29, 1.82) is 0 Å². The van der Waals surface area contributed by atoms with Gasteiger partial charge in [-0.3, -0.25) is 4.79 Å². The molecular formula is C10H9BrF3NOS. The average Bonchev–Trinajstić information content (AvgIpc) is 2.20. The van der Waals surface area contributed by atoms with E-state index in [0.717, 1.165) is 12.1 Å². The lowest BCUT2D eigenvalue weighted by atomic mass is 10.2. The molecule has 0 aliphatic rings. The van der Waals surface area contributed by atoms with Crippen molar-refractivity contribution in [2.24, 2.45) is 0 Å². The van der Waals surface area contributed by atoms with Crippen molar-refractivity contribution >= 4 is 40.2 Å². The zero-order valence-electron chi connectivity index (χ0n) is 8.51. The first-order valence-corrected chi connectivity index (χ1v) is 6.04. The topological polar surface area (TPSA) is 29.1 Å². The highest BCUT2D eigenvalue weighted by molar-refractivity contribution is 9.10. The summed E-state index contributed by atoms with van der Waals surface area (Å²) in [6, 6.07) is 3.08. The molecule has 1 aromatic carbocycles. The number of carbonyl (C=O) groups is 1. The molecule has 0 radical (unpaired) electrons. The van der Waals surface area contributed by atoms with E-state index in [1.54, 1.807) is 0 Å². The summed E-state index contributed by atoms with van der Waals surface area (Å²) in [5.74, 6) is -0.0392. The number of nitrogens with one attached hydrogen (secondary N) is 1. The highest BCUT2D eigenvalue weighted by Gasteiger charge is 2.31. The van der Waals surface area contributed by atoms with Crippen molar-refractivity contribution in [2.45, 2.75) is 12.6 Å². The summed E-state index contributed by atoms with van der Waals surface area (Å²) in [5, 5.41) is 2.39. The van der Waals surface area contributed by atoms with Crippen LogP contribution in [0.3, 0.4) is 0 Å². The van der Waals surface area contributed by atoms with Crippen LogP contribution in [0.2, 0.25) is 0 Å². The van der Waals surface area contributed by atoms with Crippen molar-refractivity contribution in [3.8, 4) is 0 Å². The van der Waals surface area contributed by atoms with Crippen LogP contribution in [-0.4, -0.2) is 11.7 Å². The quantitative estimate of drug-likeness (QED) is 0.814. The summed E-state index contributed by atoms with van der Waals surface area (Å²) in [7, 11) is 0. The molecule has 17 heavy (non-hydrogen) atoms. The number of hydrogen-bond acceptors (Lipinski definition) is 2. The first-order chi connectivity index (χ1) is 7.84. The molecule has 1 aromatic rings. The largest absolute Gasteiger partial charge is 0.416 e. The minimum atomic E-state index is -4.43. The monoisotopic (exact) mass is 327 g/mol. The van der Waals surface area contributed by atoms with E-state index in [1.807, 2.05) is 0 Å². The van der Waals surface area contributed by atoms with Crippen LogP contribution in [0.15, 0.2) is 22.7 Å². The number of halogens is 4. The number of rotatable bonds is 3. The second-order valence-corrected chi connectivity index (χ2v) is 4.52. The minimum absolute atomic E-state index is 0.103. The third-order valence-corrected chi connectivity index (χ3v) is 2.82. The fourth-order valence-corrected chi connectivity index (χ4v) is 1.66. The Morgan fingerprint density at radius 2 is 2.06 bits per heavy atom. The van der Waals surface area contributed by atoms with E-state index >= 15 is 0 Å². The van der Waals surface area contributed by atoms with Crippen LogP contribution in [0.25, 0.3) is 0 Å². The van der Waals surface area contributed by atoms with Crippen molar-refractivity contribution in [2.75, 3.05) is 11.1 Å². The fourth-order valence-electron chi connectivity index (χ4n) is 1.11. The maximum atomic E-state index is 12.4. The van der Waals surface area contributed by atoms with E-state index < -0.39 is 11.7 Å². The molecule has 0 saturated carbocycles. The fraction of sp³-hybridized carbons (Fsp3) is 0.300. The second kappa shape index (κ2) is 5.77. The maximum absolute atomic E-state index is 12.4. The van der Waals surface area contributed by atoms with Gasteiger partial charge < -0.3 is 5.32 Å². The Balaban J connectivity index is 2.95. The molecule has 0 unspecified atom stereocenters. The Kier molecular flexibility index (Phi) is 4.88. The number of thiol groups is 1. The summed E-state index contributed by atoms with van der Waals surface area (Å²) in [5.41, 5.74) is -0.700. The number of amides is 1. The maximum Gasteiger partial charge on any atom is 0.416 e. The van der Waals surface area contributed by atoms with Gasteiger partial charge in [0.1, 0.15) is 0 Å². The van der Waals surface area contributed by atoms with Gasteiger partial charge >= 0.3 is 6.18 Å². The Bertz CT molecular complexity index is 423. The molecule has 2 nitrogen and oxygen atoms in total. The molecule has 7 heteroatoms. The van der Waals surface area contributed by atoms with Crippen LogP contribution in [0.5, 0.6) is 0 Å². The zero-order chi connectivity index (χ0) is 13.1. The molecule has 0 aliphatic carbocycles. The summed E-state index contributed by atoms with van der Waals surface area (Å²) >= 11 is 6.94. The van der Waals surface area contributed by atoms with E-state index in [1.165, 1.54) is 6.07 Å². The van der Waals surface area contributed by atoms with Crippen molar-refractivity contribution < 1.29 is 18.0 Å². The lowest BCUT2D eigenvalue weighted by molar-refractivity contribution is -0.137. The Hall–Kier alpha value is -0.690. The molecule has 0 bridgehead atoms. The highest BCUT2D eigenvalue weighted by Crippen LogP contribution is 2.33. The van der Waals surface area contributed by atoms with Gasteiger partial charge in [-0.2, -0.15) is 25.8 Å². The van der Waals surface area contributed by atoms with Gasteiger partial charge in [0.05, 0.1) is 11.3 Å². The molecule has 94 valence electrons. The molecule has 0 saturated heterocycles. The Morgan fingerprint density at radius 1 is 1.41 bits per heavy atom. The second-order valence-electron chi connectivity index (χ2n) is 3.21. The smallest absolute Gasteiger partial charge is 0.325 e. The van der Waals surface area contributed by atoms with Gasteiger partial charge in [0.2, 0.25) is 5.91 Å². The Labute approximate surface area is 110 Å². The standard InChI is InChI=1S/C10H9BrF3NOS/c11-7-2-1-6(10(12,13)14)5-8(7)15-9(16)3-4-17/h1-2,5,17H,3-4H2,(H,15,16). The normalized spacial score (nSPS) is 11.4. The predicted molar refractivity (Wildman–Crippen MR) is 66.2 cm³/mol. The van der Waals surface area contributed by atoms with Crippen molar-refractivity contribution in [3.63, 3.8) is 0 Å².